The van der Waals surface area contributed by atoms with Crippen molar-refractivity contribution in [3.05, 3.63) is 70.9 Å². The summed E-state index contributed by atoms with van der Waals surface area (Å²) in [7, 11) is 1.41. The SMILES string of the molecule is C=CCNC(=O)Cn1cc(OC)c(=O)cc1CSc1ccc(F)cc1. The zero-order valence-corrected chi connectivity index (χ0v) is 14.6. The van der Waals surface area contributed by atoms with Crippen LogP contribution in [0.25, 0.3) is 0 Å². The molecule has 2 rings (SSSR count). The molecule has 2 aromatic rings. The molecule has 1 aromatic heterocycles. The highest BCUT2D eigenvalue weighted by molar-refractivity contribution is 7.98. The van der Waals surface area contributed by atoms with Crippen LogP contribution in [0.15, 0.2) is 58.9 Å². The molecule has 1 aromatic carbocycles. The van der Waals surface area contributed by atoms with Crippen LogP contribution in [-0.4, -0.2) is 24.1 Å². The highest BCUT2D eigenvalue weighted by Crippen LogP contribution is 2.23. The van der Waals surface area contributed by atoms with Gasteiger partial charge in [-0.05, 0) is 24.3 Å². The third-order valence-corrected chi connectivity index (χ3v) is 4.41. The van der Waals surface area contributed by atoms with Gasteiger partial charge in [0.25, 0.3) is 0 Å². The van der Waals surface area contributed by atoms with Gasteiger partial charge in [0, 0.05) is 29.0 Å². The monoisotopic (exact) mass is 362 g/mol. The lowest BCUT2D eigenvalue weighted by Gasteiger charge is -2.14. The fourth-order valence-corrected chi connectivity index (χ4v) is 3.00. The van der Waals surface area contributed by atoms with Crippen LogP contribution in [0.5, 0.6) is 5.75 Å². The van der Waals surface area contributed by atoms with Gasteiger partial charge >= 0.3 is 0 Å². The Labute approximate surface area is 149 Å². The minimum Gasteiger partial charge on any atom is -0.491 e. The van der Waals surface area contributed by atoms with E-state index < -0.39 is 0 Å². The standard InChI is InChI=1S/C18H19FN2O3S/c1-3-8-20-18(23)11-21-10-17(24-2)16(22)9-14(21)12-25-15-6-4-13(19)5-7-15/h3-7,9-10H,1,8,11-12H2,2H3,(H,20,23). The minimum absolute atomic E-state index is 0.0593. The number of nitrogens with one attached hydrogen (secondary N) is 1. The van der Waals surface area contributed by atoms with Crippen LogP contribution in [-0.2, 0) is 17.1 Å². The van der Waals surface area contributed by atoms with Crippen molar-refractivity contribution in [2.75, 3.05) is 13.7 Å². The Balaban J connectivity index is 2.20. The molecule has 0 bridgehead atoms. The number of halogens is 1. The molecule has 1 amide bonds. The van der Waals surface area contributed by atoms with E-state index in [0.29, 0.717) is 18.0 Å². The van der Waals surface area contributed by atoms with Crippen molar-refractivity contribution in [3.63, 3.8) is 0 Å². The molecular weight excluding hydrogens is 343 g/mol. The molecule has 5 nitrogen and oxygen atoms in total. The number of rotatable bonds is 8. The number of hydrogen-bond donors (Lipinski definition) is 1. The fourth-order valence-electron chi connectivity index (χ4n) is 2.10. The number of amides is 1. The molecule has 0 spiro atoms. The molecule has 7 heteroatoms. The number of ether oxygens (including phenoxy) is 1. The summed E-state index contributed by atoms with van der Waals surface area (Å²) in [5, 5.41) is 2.69. The number of carbonyl (C=O) groups excluding carboxylic acids is 1. The van der Waals surface area contributed by atoms with Crippen LogP contribution < -0.4 is 15.5 Å². The van der Waals surface area contributed by atoms with Crippen LogP contribution in [0.3, 0.4) is 0 Å². The molecule has 1 heterocycles. The summed E-state index contributed by atoms with van der Waals surface area (Å²) >= 11 is 1.45. The van der Waals surface area contributed by atoms with Gasteiger partial charge in [-0.3, -0.25) is 9.59 Å². The molecule has 0 atom stereocenters. The maximum atomic E-state index is 13.0. The van der Waals surface area contributed by atoms with Gasteiger partial charge < -0.3 is 14.6 Å². The number of thioether (sulfide) groups is 1. The maximum absolute atomic E-state index is 13.0. The van der Waals surface area contributed by atoms with Gasteiger partial charge in [-0.2, -0.15) is 0 Å². The summed E-state index contributed by atoms with van der Waals surface area (Å²) < 4.78 is 19.7. The zero-order chi connectivity index (χ0) is 18.2. The number of aromatic nitrogens is 1. The van der Waals surface area contributed by atoms with E-state index in [2.05, 4.69) is 11.9 Å². The molecule has 0 aliphatic rings. The molecule has 0 saturated carbocycles. The molecular formula is C18H19FN2O3S. The van der Waals surface area contributed by atoms with E-state index in [0.717, 1.165) is 4.90 Å². The van der Waals surface area contributed by atoms with Crippen molar-refractivity contribution in [3.8, 4) is 5.75 Å². The number of nitrogens with zero attached hydrogens (tertiary/aromatic N) is 1. The first-order chi connectivity index (χ1) is 12.0. The first-order valence-electron chi connectivity index (χ1n) is 7.56. The van der Waals surface area contributed by atoms with Gasteiger partial charge in [-0.25, -0.2) is 4.39 Å². The van der Waals surface area contributed by atoms with Crippen molar-refractivity contribution < 1.29 is 13.9 Å². The Hall–Kier alpha value is -2.54. The maximum Gasteiger partial charge on any atom is 0.240 e. The second kappa shape index (κ2) is 9.08. The molecule has 25 heavy (non-hydrogen) atoms. The van der Waals surface area contributed by atoms with Crippen LogP contribution in [0.4, 0.5) is 4.39 Å². The number of methoxy groups -OCH3 is 1. The molecule has 0 radical (unpaired) electrons. The summed E-state index contributed by atoms with van der Waals surface area (Å²) in [6.45, 7) is 3.98. The Morgan fingerprint density at radius 1 is 1.40 bits per heavy atom. The Morgan fingerprint density at radius 2 is 2.12 bits per heavy atom. The van der Waals surface area contributed by atoms with Crippen LogP contribution >= 0.6 is 11.8 Å². The van der Waals surface area contributed by atoms with Gasteiger partial charge in [-0.15, -0.1) is 18.3 Å². The molecule has 0 fully saturated rings. The average molecular weight is 362 g/mol. The number of carbonyl (C=O) groups is 1. The van der Waals surface area contributed by atoms with E-state index in [1.54, 1.807) is 22.8 Å². The second-order valence-corrected chi connectivity index (χ2v) is 6.21. The smallest absolute Gasteiger partial charge is 0.240 e. The lowest BCUT2D eigenvalue weighted by molar-refractivity contribution is -0.121. The Kier molecular flexibility index (Phi) is 6.82. The van der Waals surface area contributed by atoms with E-state index in [1.165, 1.54) is 43.3 Å². The van der Waals surface area contributed by atoms with Crippen molar-refractivity contribution in [1.29, 1.82) is 0 Å². The molecule has 0 saturated heterocycles. The van der Waals surface area contributed by atoms with Crippen molar-refractivity contribution >= 4 is 17.7 Å². The van der Waals surface area contributed by atoms with Gasteiger partial charge in [0.2, 0.25) is 11.3 Å². The van der Waals surface area contributed by atoms with E-state index >= 15 is 0 Å². The van der Waals surface area contributed by atoms with E-state index in [-0.39, 0.29) is 29.4 Å². The molecule has 132 valence electrons. The summed E-state index contributed by atoms with van der Waals surface area (Å²) in [4.78, 5) is 24.9. The molecule has 0 unspecified atom stereocenters. The minimum atomic E-state index is -0.301. The van der Waals surface area contributed by atoms with E-state index in [4.69, 9.17) is 4.74 Å². The van der Waals surface area contributed by atoms with E-state index in [1.807, 2.05) is 0 Å². The first-order valence-corrected chi connectivity index (χ1v) is 8.55. The van der Waals surface area contributed by atoms with Crippen LogP contribution in [0, 0.1) is 5.82 Å². The number of benzene rings is 1. The Morgan fingerprint density at radius 3 is 2.76 bits per heavy atom. The molecule has 0 aliphatic heterocycles. The Bertz CT molecular complexity index is 803. The molecule has 1 N–H and O–H groups in total. The predicted molar refractivity (Wildman–Crippen MR) is 96.4 cm³/mol. The summed E-state index contributed by atoms with van der Waals surface area (Å²) in [6.07, 6.45) is 3.12. The summed E-state index contributed by atoms with van der Waals surface area (Å²) in [6, 6.07) is 7.56. The molecule has 0 aliphatic carbocycles. The lowest BCUT2D eigenvalue weighted by atomic mass is 10.3. The van der Waals surface area contributed by atoms with Gasteiger partial charge in [0.1, 0.15) is 12.4 Å². The normalized spacial score (nSPS) is 10.3. The predicted octanol–water partition coefficient (Wildman–Crippen LogP) is 2.59. The zero-order valence-electron chi connectivity index (χ0n) is 13.8. The van der Waals surface area contributed by atoms with Crippen molar-refractivity contribution in [2.24, 2.45) is 0 Å². The summed E-state index contributed by atoms with van der Waals surface area (Å²) in [5.74, 6) is 0.134. The topological polar surface area (TPSA) is 60.3 Å². The second-order valence-electron chi connectivity index (χ2n) is 5.16. The first kappa shape index (κ1) is 18.8. The van der Waals surface area contributed by atoms with Gasteiger partial charge in [-0.1, -0.05) is 6.08 Å². The lowest BCUT2D eigenvalue weighted by Crippen LogP contribution is -2.29. The van der Waals surface area contributed by atoms with Crippen LogP contribution in [0.2, 0.25) is 0 Å². The largest absolute Gasteiger partial charge is 0.491 e. The van der Waals surface area contributed by atoms with E-state index in [9.17, 15) is 14.0 Å². The van der Waals surface area contributed by atoms with Crippen LogP contribution in [0.1, 0.15) is 5.69 Å². The highest BCUT2D eigenvalue weighted by atomic mass is 32.2. The van der Waals surface area contributed by atoms with Crippen molar-refractivity contribution in [1.82, 2.24) is 9.88 Å². The quantitative estimate of drug-likeness (QED) is 0.579. The van der Waals surface area contributed by atoms with Crippen molar-refractivity contribution in [2.45, 2.75) is 17.2 Å². The summed E-state index contributed by atoms with van der Waals surface area (Å²) in [5.41, 5.74) is 0.425. The average Bonchev–Trinajstić information content (AvgIpc) is 2.61. The number of hydrogen-bond acceptors (Lipinski definition) is 4. The highest BCUT2D eigenvalue weighted by Gasteiger charge is 2.11. The number of pyridine rings is 1. The third-order valence-electron chi connectivity index (χ3n) is 3.36. The van der Waals surface area contributed by atoms with Gasteiger partial charge in [0.05, 0.1) is 13.3 Å². The fraction of sp³-hybridized carbons (Fsp3) is 0.222. The third kappa shape index (κ3) is 5.49. The van der Waals surface area contributed by atoms with Gasteiger partial charge in [0.15, 0.2) is 5.75 Å².